The number of benzene rings is 3. The molecule has 4 rings (SSSR count). The third-order valence-corrected chi connectivity index (χ3v) is 15.9. The number of fused-ring (bicyclic) bond motifs is 2. The number of hydrogen-bond donors (Lipinski definition) is 5. The van der Waals surface area contributed by atoms with Crippen LogP contribution >= 0.6 is 19.8 Å². The lowest BCUT2D eigenvalue weighted by Crippen LogP contribution is -2.32. The summed E-state index contributed by atoms with van der Waals surface area (Å²) in [5.41, 5.74) is 1.48. The summed E-state index contributed by atoms with van der Waals surface area (Å²) in [5.74, 6) is -2.00. The summed E-state index contributed by atoms with van der Waals surface area (Å²) in [4.78, 5) is 61.6. The van der Waals surface area contributed by atoms with Gasteiger partial charge in [0.2, 0.25) is 0 Å². The van der Waals surface area contributed by atoms with E-state index in [2.05, 4.69) is 24.5 Å². The first-order valence-corrected chi connectivity index (χ1v) is 31.9. The van der Waals surface area contributed by atoms with E-state index >= 15 is 0 Å². The van der Waals surface area contributed by atoms with Gasteiger partial charge in [-0.05, 0) is 67.0 Å². The molecule has 16 heteroatoms. The highest BCUT2D eigenvalue weighted by Gasteiger charge is 2.26. The van der Waals surface area contributed by atoms with Gasteiger partial charge < -0.3 is 44.2 Å². The van der Waals surface area contributed by atoms with E-state index in [0.29, 0.717) is 40.6 Å². The number of unbranched alkanes of at least 4 members (excludes halogenated alkanes) is 28. The molecular formula is C62H93N2O12PS. The Balaban J connectivity index is 1.22. The van der Waals surface area contributed by atoms with Crippen LogP contribution in [0.1, 0.15) is 230 Å². The molecule has 0 amide bonds. The highest BCUT2D eigenvalue weighted by atomic mass is 32.1. The van der Waals surface area contributed by atoms with Crippen molar-refractivity contribution in [2.45, 2.75) is 225 Å². The van der Waals surface area contributed by atoms with Gasteiger partial charge in [-0.25, -0.2) is 4.79 Å². The van der Waals surface area contributed by atoms with Crippen LogP contribution < -0.4 is 16.1 Å². The molecule has 5 N–H and O–H groups in total. The Bertz CT molecular complexity index is 2460. The number of carboxylic acids is 1. The van der Waals surface area contributed by atoms with Crippen LogP contribution in [0.2, 0.25) is 0 Å². The maximum atomic E-state index is 13.3. The van der Waals surface area contributed by atoms with E-state index in [1.165, 1.54) is 172 Å². The summed E-state index contributed by atoms with van der Waals surface area (Å²) in [5, 5.41) is 26.9. The largest absolute Gasteiger partial charge is 0.508 e. The number of carbonyl (C=O) groups is 3. The molecule has 1 aliphatic heterocycles. The number of phenols is 1. The van der Waals surface area contributed by atoms with Crippen LogP contribution in [0.25, 0.3) is 33.4 Å². The van der Waals surface area contributed by atoms with Crippen LogP contribution in [0.5, 0.6) is 5.75 Å². The van der Waals surface area contributed by atoms with Crippen LogP contribution in [-0.2, 0) is 28.2 Å². The van der Waals surface area contributed by atoms with Crippen LogP contribution in [0, 0.1) is 0 Å². The Morgan fingerprint density at radius 3 is 1.65 bits per heavy atom. The molecule has 1 heterocycles. The Morgan fingerprint density at radius 2 is 1.13 bits per heavy atom. The van der Waals surface area contributed by atoms with Gasteiger partial charge in [0, 0.05) is 53.7 Å². The zero-order valence-corrected chi connectivity index (χ0v) is 48.8. The zero-order valence-electron chi connectivity index (χ0n) is 47.1. The van der Waals surface area contributed by atoms with Crippen molar-refractivity contribution < 1.29 is 52.5 Å². The lowest BCUT2D eigenvalue weighted by molar-refractivity contribution is -0.161. The number of aromatic hydroxyl groups is 1. The number of rotatable bonds is 44. The maximum absolute atomic E-state index is 13.3. The van der Waals surface area contributed by atoms with E-state index in [1.54, 1.807) is 24.3 Å². The topological polar surface area (TPSA) is 211 Å². The van der Waals surface area contributed by atoms with Crippen LogP contribution in [0.15, 0.2) is 63.8 Å². The number of hydrogen-bond acceptors (Lipinski definition) is 11. The predicted molar refractivity (Wildman–Crippen MR) is 318 cm³/mol. The summed E-state index contributed by atoms with van der Waals surface area (Å²) in [6.45, 7) is 3.62. The highest BCUT2D eigenvalue weighted by Crippen LogP contribution is 2.43. The van der Waals surface area contributed by atoms with Gasteiger partial charge in [-0.15, -0.1) is 0 Å². The molecule has 0 saturated carbocycles. The van der Waals surface area contributed by atoms with Crippen molar-refractivity contribution in [3.8, 4) is 28.2 Å². The molecule has 2 atom stereocenters. The SMILES string of the molecule is CCCCCCCCCCCCCCCCCC(=O)OC[C@H](COP(=O)(O)CCNC(=S)Nc1ccc(-c2c3ccc(=O)cc-3oc3cc(O)ccc23)c(C(=O)O)c1)OC(=O)CCCCCCCCCCCCCCCCC. The van der Waals surface area contributed by atoms with Crippen molar-refractivity contribution in [1.29, 1.82) is 0 Å². The van der Waals surface area contributed by atoms with E-state index in [9.17, 15) is 38.8 Å². The maximum Gasteiger partial charge on any atom is 0.336 e. The molecule has 1 aliphatic carbocycles. The minimum atomic E-state index is -4.29. The van der Waals surface area contributed by atoms with Crippen LogP contribution in [-0.4, -0.2) is 70.2 Å². The van der Waals surface area contributed by atoms with Gasteiger partial charge in [0.1, 0.15) is 23.7 Å². The fourth-order valence-electron chi connectivity index (χ4n) is 9.82. The lowest BCUT2D eigenvalue weighted by atomic mass is 9.90. The van der Waals surface area contributed by atoms with E-state index in [-0.39, 0.29) is 65.4 Å². The first-order chi connectivity index (χ1) is 37.8. The summed E-state index contributed by atoms with van der Waals surface area (Å²) < 4.78 is 35.9. The van der Waals surface area contributed by atoms with Crippen LogP contribution in [0.3, 0.4) is 0 Å². The number of ether oxygens (including phenoxy) is 2. The van der Waals surface area contributed by atoms with E-state index in [1.807, 2.05) is 0 Å². The molecule has 2 aromatic carbocycles. The Kier molecular flexibility index (Phi) is 32.6. The summed E-state index contributed by atoms with van der Waals surface area (Å²) in [7, 11) is -4.29. The van der Waals surface area contributed by atoms with Crippen molar-refractivity contribution in [1.82, 2.24) is 5.32 Å². The molecule has 1 unspecified atom stereocenters. The average molecular weight is 1120 g/mol. The Labute approximate surface area is 470 Å². The fourth-order valence-corrected chi connectivity index (χ4v) is 11.0. The molecule has 14 nitrogen and oxygen atoms in total. The normalized spacial score (nSPS) is 12.6. The second kappa shape index (κ2) is 38.7. The van der Waals surface area contributed by atoms with Gasteiger partial charge >= 0.3 is 25.5 Å². The van der Waals surface area contributed by atoms with Gasteiger partial charge in [-0.1, -0.05) is 200 Å². The van der Waals surface area contributed by atoms with Gasteiger partial charge in [-0.3, -0.25) is 18.9 Å². The van der Waals surface area contributed by atoms with Crippen molar-refractivity contribution in [3.63, 3.8) is 0 Å². The molecule has 0 saturated heterocycles. The standard InChI is InChI=1S/C62H93N2O12PS/c1-3-5-7-9-11-13-15-17-19-21-23-25-27-29-31-33-58(67)73-46-51(75-59(68)34-32-30-28-26-24-22-20-18-16-14-12-10-8-6-4-2)47-74-77(71,72)42-41-63-62(78)64-48-35-38-52(55(43-48)61(69)70)60-53-39-36-49(65)44-56(53)76-57-45-50(66)37-40-54(57)60/h35-40,43-45,51,65H,3-34,41-42,46-47H2,1-2H3,(H,69,70)(H,71,72)(H2,63,64,78)/t51-/m1/s1. The second-order valence-electron chi connectivity index (χ2n) is 21.1. The molecule has 0 bridgehead atoms. The van der Waals surface area contributed by atoms with Crippen molar-refractivity contribution in [3.05, 3.63) is 70.4 Å². The molecule has 2 aliphatic rings. The lowest BCUT2D eigenvalue weighted by Gasteiger charge is -2.20. The number of anilines is 1. The highest BCUT2D eigenvalue weighted by molar-refractivity contribution is 7.80. The van der Waals surface area contributed by atoms with Crippen LogP contribution in [0.4, 0.5) is 5.69 Å². The molecule has 0 radical (unpaired) electrons. The van der Waals surface area contributed by atoms with Crippen molar-refractivity contribution in [2.75, 3.05) is 31.2 Å². The van der Waals surface area contributed by atoms with Crippen molar-refractivity contribution >= 4 is 59.5 Å². The first kappa shape index (κ1) is 65.7. The molecule has 0 spiro atoms. The quantitative estimate of drug-likeness (QED) is 0.00917. The zero-order chi connectivity index (χ0) is 56.2. The van der Waals surface area contributed by atoms with Gasteiger partial charge in [0.15, 0.2) is 16.6 Å². The number of esters is 2. The third kappa shape index (κ3) is 26.9. The second-order valence-corrected chi connectivity index (χ2v) is 23.5. The molecule has 78 heavy (non-hydrogen) atoms. The average Bonchev–Trinajstić information content (AvgIpc) is 3.62. The fraction of sp³-hybridized carbons (Fsp3) is 0.629. The van der Waals surface area contributed by atoms with Gasteiger partial charge in [0.05, 0.1) is 18.3 Å². The molecule has 0 fully saturated rings. The monoisotopic (exact) mass is 1120 g/mol. The first-order valence-electron chi connectivity index (χ1n) is 29.7. The Morgan fingerprint density at radius 1 is 0.628 bits per heavy atom. The van der Waals surface area contributed by atoms with E-state index in [0.717, 1.165) is 38.5 Å². The smallest absolute Gasteiger partial charge is 0.336 e. The van der Waals surface area contributed by atoms with Gasteiger partial charge in [0.25, 0.3) is 0 Å². The molecule has 0 aromatic heterocycles. The summed E-state index contributed by atoms with van der Waals surface area (Å²) in [6.07, 6.45) is 35.3. The predicted octanol–water partition coefficient (Wildman–Crippen LogP) is 16.4. The molecule has 434 valence electrons. The number of carboxylic acid groups (broad SMARTS) is 1. The third-order valence-electron chi connectivity index (χ3n) is 14.3. The van der Waals surface area contributed by atoms with E-state index < -0.39 is 38.2 Å². The number of nitrogens with one attached hydrogen (secondary N) is 2. The number of phenolic OH excluding ortho intramolecular Hbond substituents is 1. The molecule has 2 aromatic rings. The van der Waals surface area contributed by atoms with Gasteiger partial charge in [-0.2, -0.15) is 0 Å². The number of carbonyl (C=O) groups excluding carboxylic acids is 2. The summed E-state index contributed by atoms with van der Waals surface area (Å²) >= 11 is 5.46. The summed E-state index contributed by atoms with van der Waals surface area (Å²) in [6, 6.07) is 13.3. The Hall–Kier alpha value is -4.82. The number of aromatic carboxylic acids is 1. The number of thiocarbonyl (C=S) groups is 1. The minimum absolute atomic E-state index is 0.0403. The molecular weight excluding hydrogens is 1030 g/mol. The van der Waals surface area contributed by atoms with Crippen molar-refractivity contribution in [2.24, 2.45) is 0 Å². The minimum Gasteiger partial charge on any atom is -0.508 e. The van der Waals surface area contributed by atoms with E-state index in [4.69, 9.17) is 30.6 Å².